The van der Waals surface area contributed by atoms with E-state index in [-0.39, 0.29) is 0 Å². The number of nitrogen functional groups attached to an aromatic ring is 1. The van der Waals surface area contributed by atoms with Gasteiger partial charge in [0.05, 0.1) is 17.9 Å². The lowest BCUT2D eigenvalue weighted by atomic mass is 10.3. The van der Waals surface area contributed by atoms with E-state index in [1.54, 1.807) is 6.20 Å². The Hall–Kier alpha value is -2.03. The van der Waals surface area contributed by atoms with E-state index in [0.29, 0.717) is 6.54 Å². The van der Waals surface area contributed by atoms with Gasteiger partial charge in [0.25, 0.3) is 0 Å². The van der Waals surface area contributed by atoms with E-state index in [1.807, 2.05) is 42.5 Å². The average Bonchev–Trinajstić information content (AvgIpc) is 2.29. The molecular weight excluding hydrogens is 186 g/mol. The fraction of sp³-hybridized carbons (Fsp3) is 0.0833. The second-order valence-electron chi connectivity index (χ2n) is 3.26. The molecule has 0 spiro atoms. The predicted octanol–water partition coefficient (Wildman–Crippen LogP) is 2.28. The normalized spacial score (nSPS) is 9.87. The van der Waals surface area contributed by atoms with Crippen LogP contribution in [0.4, 0.5) is 11.4 Å². The molecule has 1 heterocycles. The van der Waals surface area contributed by atoms with E-state index in [2.05, 4.69) is 10.3 Å². The zero-order valence-electron chi connectivity index (χ0n) is 8.35. The van der Waals surface area contributed by atoms with Crippen molar-refractivity contribution in [3.63, 3.8) is 0 Å². The lowest BCUT2D eigenvalue weighted by Gasteiger charge is -2.07. The largest absolute Gasteiger partial charge is 0.397 e. The molecule has 2 rings (SSSR count). The maximum Gasteiger partial charge on any atom is 0.0823 e. The van der Waals surface area contributed by atoms with E-state index in [1.165, 1.54) is 0 Å². The fourth-order valence-electron chi connectivity index (χ4n) is 1.34. The van der Waals surface area contributed by atoms with Crippen LogP contribution < -0.4 is 11.1 Å². The number of nitrogens with two attached hydrogens (primary N) is 1. The van der Waals surface area contributed by atoms with Crippen molar-refractivity contribution in [2.24, 2.45) is 0 Å². The first-order chi connectivity index (χ1) is 7.36. The Morgan fingerprint density at radius 2 is 1.87 bits per heavy atom. The second-order valence-corrected chi connectivity index (χ2v) is 3.26. The van der Waals surface area contributed by atoms with Crippen LogP contribution in [0.1, 0.15) is 5.69 Å². The van der Waals surface area contributed by atoms with Crippen LogP contribution in [0.5, 0.6) is 0 Å². The number of rotatable bonds is 3. The van der Waals surface area contributed by atoms with Crippen molar-refractivity contribution >= 4 is 11.4 Å². The number of hydrogen-bond donors (Lipinski definition) is 2. The van der Waals surface area contributed by atoms with Crippen molar-refractivity contribution in [1.82, 2.24) is 4.98 Å². The van der Waals surface area contributed by atoms with Gasteiger partial charge in [-0.3, -0.25) is 4.98 Å². The number of pyridine rings is 1. The molecule has 0 aliphatic carbocycles. The Kier molecular flexibility index (Phi) is 2.83. The number of anilines is 2. The third kappa shape index (κ3) is 2.47. The van der Waals surface area contributed by atoms with Gasteiger partial charge in [-0.1, -0.05) is 18.2 Å². The van der Waals surface area contributed by atoms with Crippen molar-refractivity contribution in [3.05, 3.63) is 54.4 Å². The van der Waals surface area contributed by atoms with E-state index in [4.69, 9.17) is 5.73 Å². The van der Waals surface area contributed by atoms with Crippen molar-refractivity contribution < 1.29 is 0 Å². The molecule has 1 aromatic heterocycles. The molecule has 3 heteroatoms. The molecule has 0 unspecified atom stereocenters. The van der Waals surface area contributed by atoms with Gasteiger partial charge in [-0.05, 0) is 24.3 Å². The summed E-state index contributed by atoms with van der Waals surface area (Å²) in [5, 5.41) is 3.26. The Morgan fingerprint density at radius 1 is 1.07 bits per heavy atom. The van der Waals surface area contributed by atoms with Gasteiger partial charge >= 0.3 is 0 Å². The summed E-state index contributed by atoms with van der Waals surface area (Å²) in [5.74, 6) is 0. The number of nitrogens with one attached hydrogen (secondary N) is 1. The smallest absolute Gasteiger partial charge is 0.0823 e. The van der Waals surface area contributed by atoms with Gasteiger partial charge < -0.3 is 11.1 Å². The molecule has 2 aromatic rings. The molecule has 0 aliphatic heterocycles. The summed E-state index contributed by atoms with van der Waals surface area (Å²) >= 11 is 0. The molecule has 0 fully saturated rings. The molecule has 76 valence electrons. The summed E-state index contributed by atoms with van der Waals surface area (Å²) in [7, 11) is 0. The second kappa shape index (κ2) is 4.46. The molecule has 0 amide bonds. The van der Waals surface area contributed by atoms with E-state index in [9.17, 15) is 0 Å². The molecule has 3 nitrogen and oxygen atoms in total. The highest BCUT2D eigenvalue weighted by molar-refractivity contribution is 5.47. The molecule has 0 bridgehead atoms. The quantitative estimate of drug-likeness (QED) is 0.797. The van der Waals surface area contributed by atoms with Crippen LogP contribution in [0.3, 0.4) is 0 Å². The van der Waals surface area contributed by atoms with Gasteiger partial charge in [-0.25, -0.2) is 0 Å². The molecule has 3 N–H and O–H groups in total. The molecular formula is C12H13N3. The Bertz CT molecular complexity index is 426. The summed E-state index contributed by atoms with van der Waals surface area (Å²) in [6.07, 6.45) is 1.75. The molecule has 0 aliphatic rings. The Morgan fingerprint density at radius 3 is 2.60 bits per heavy atom. The van der Waals surface area contributed by atoms with Crippen LogP contribution in [0.25, 0.3) is 0 Å². The van der Waals surface area contributed by atoms with Gasteiger partial charge in [0.2, 0.25) is 0 Å². The zero-order chi connectivity index (χ0) is 10.5. The maximum atomic E-state index is 5.78. The molecule has 0 saturated carbocycles. The standard InChI is InChI=1S/C12H13N3/c13-11-7-4-8-14-12(11)9-15-10-5-2-1-3-6-10/h1-8,15H,9,13H2. The number of para-hydroxylation sites is 1. The molecule has 15 heavy (non-hydrogen) atoms. The van der Waals surface area contributed by atoms with Crippen LogP contribution in [0.15, 0.2) is 48.7 Å². The fourth-order valence-corrected chi connectivity index (χ4v) is 1.34. The Labute approximate surface area is 89.0 Å². The molecule has 0 radical (unpaired) electrons. The van der Waals surface area contributed by atoms with Gasteiger partial charge in [-0.2, -0.15) is 0 Å². The van der Waals surface area contributed by atoms with Crippen LogP contribution in [0, 0.1) is 0 Å². The van der Waals surface area contributed by atoms with E-state index < -0.39 is 0 Å². The molecule has 1 aromatic carbocycles. The summed E-state index contributed by atoms with van der Waals surface area (Å²) in [6.45, 7) is 0.649. The van der Waals surface area contributed by atoms with Crippen LogP contribution in [-0.4, -0.2) is 4.98 Å². The molecule has 0 saturated heterocycles. The first-order valence-electron chi connectivity index (χ1n) is 4.84. The number of benzene rings is 1. The summed E-state index contributed by atoms with van der Waals surface area (Å²) in [6, 6.07) is 13.7. The highest BCUT2D eigenvalue weighted by atomic mass is 14.9. The first kappa shape index (κ1) is 9.52. The van der Waals surface area contributed by atoms with Crippen molar-refractivity contribution in [3.8, 4) is 0 Å². The third-order valence-corrected chi connectivity index (χ3v) is 2.16. The van der Waals surface area contributed by atoms with Crippen LogP contribution in [0.2, 0.25) is 0 Å². The minimum atomic E-state index is 0.649. The zero-order valence-corrected chi connectivity index (χ0v) is 8.35. The third-order valence-electron chi connectivity index (χ3n) is 2.16. The average molecular weight is 199 g/mol. The van der Waals surface area contributed by atoms with Gasteiger partial charge in [0, 0.05) is 11.9 Å². The maximum absolute atomic E-state index is 5.78. The van der Waals surface area contributed by atoms with Crippen molar-refractivity contribution in [1.29, 1.82) is 0 Å². The Balaban J connectivity index is 2.03. The summed E-state index contributed by atoms with van der Waals surface area (Å²) < 4.78 is 0. The highest BCUT2D eigenvalue weighted by Crippen LogP contribution is 2.11. The van der Waals surface area contributed by atoms with Crippen molar-refractivity contribution in [2.75, 3.05) is 11.1 Å². The lowest BCUT2D eigenvalue weighted by Crippen LogP contribution is -2.04. The first-order valence-corrected chi connectivity index (χ1v) is 4.84. The summed E-state index contributed by atoms with van der Waals surface area (Å²) in [4.78, 5) is 4.21. The van der Waals surface area contributed by atoms with Gasteiger partial charge in [0.15, 0.2) is 0 Å². The molecule has 0 atom stereocenters. The van der Waals surface area contributed by atoms with Gasteiger partial charge in [0.1, 0.15) is 0 Å². The monoisotopic (exact) mass is 199 g/mol. The van der Waals surface area contributed by atoms with Gasteiger partial charge in [-0.15, -0.1) is 0 Å². The summed E-state index contributed by atoms with van der Waals surface area (Å²) in [5.41, 5.74) is 8.45. The highest BCUT2D eigenvalue weighted by Gasteiger charge is 1.98. The van der Waals surface area contributed by atoms with E-state index >= 15 is 0 Å². The predicted molar refractivity (Wildman–Crippen MR) is 62.4 cm³/mol. The number of nitrogens with zero attached hydrogens (tertiary/aromatic N) is 1. The SMILES string of the molecule is Nc1cccnc1CNc1ccccc1. The minimum absolute atomic E-state index is 0.649. The minimum Gasteiger partial charge on any atom is -0.397 e. The van der Waals surface area contributed by atoms with E-state index in [0.717, 1.165) is 17.1 Å². The topological polar surface area (TPSA) is 50.9 Å². The van der Waals surface area contributed by atoms with Crippen molar-refractivity contribution in [2.45, 2.75) is 6.54 Å². The van der Waals surface area contributed by atoms with Crippen LogP contribution in [-0.2, 0) is 6.54 Å². The van der Waals surface area contributed by atoms with Crippen LogP contribution >= 0.6 is 0 Å². The number of aromatic nitrogens is 1. The lowest BCUT2D eigenvalue weighted by molar-refractivity contribution is 1.05. The number of hydrogen-bond acceptors (Lipinski definition) is 3.